The molecule has 2 aliphatic heterocycles. The summed E-state index contributed by atoms with van der Waals surface area (Å²) in [5.74, 6) is 0.150. The van der Waals surface area contributed by atoms with E-state index in [1.165, 1.54) is 12.1 Å². The van der Waals surface area contributed by atoms with Crippen molar-refractivity contribution < 1.29 is 38.1 Å². The van der Waals surface area contributed by atoms with Crippen LogP contribution in [0.15, 0.2) is 42.5 Å². The number of cyclic esters (lactones) is 1. The number of aliphatic hydroxyl groups is 1. The predicted octanol–water partition coefficient (Wildman–Crippen LogP) is 3.27. The van der Waals surface area contributed by atoms with Gasteiger partial charge in [-0.1, -0.05) is 6.07 Å². The number of carbonyl (C=O) groups is 2. The van der Waals surface area contributed by atoms with E-state index in [4.69, 9.17) is 19.4 Å². The van der Waals surface area contributed by atoms with E-state index in [0.29, 0.717) is 61.4 Å². The highest BCUT2D eigenvalue weighted by molar-refractivity contribution is 5.89. The Bertz CT molecular complexity index is 1030. The van der Waals surface area contributed by atoms with Gasteiger partial charge in [-0.15, -0.1) is 0 Å². The SMILES string of the molecule is O=C1OCCN1c1cccc(O[C@@H]2C[C@@H]3CN(Cc4cc(F)cc(F)c4)C[C@@H]3C[C@H]2O)c1.O=CO. The third kappa shape index (κ3) is 6.07. The molecule has 3 fully saturated rings. The number of aliphatic hydroxyl groups excluding tert-OH is 1. The molecule has 2 heterocycles. The van der Waals surface area contributed by atoms with E-state index >= 15 is 0 Å². The molecule has 1 aliphatic carbocycles. The van der Waals surface area contributed by atoms with Crippen LogP contribution in [-0.2, 0) is 16.1 Å². The summed E-state index contributed by atoms with van der Waals surface area (Å²) in [6.07, 6.45) is 0.0239. The Labute approximate surface area is 201 Å². The molecule has 2 aromatic carbocycles. The molecule has 2 saturated heterocycles. The van der Waals surface area contributed by atoms with Gasteiger partial charge in [-0.3, -0.25) is 14.6 Å². The quantitative estimate of drug-likeness (QED) is 0.621. The number of likely N-dealkylation sites (tertiary alicyclic amines) is 1. The van der Waals surface area contributed by atoms with E-state index < -0.39 is 17.7 Å². The topological polar surface area (TPSA) is 99.5 Å². The van der Waals surface area contributed by atoms with Crippen LogP contribution in [0.25, 0.3) is 0 Å². The molecule has 10 heteroatoms. The molecule has 2 N–H and O–H groups in total. The molecule has 0 spiro atoms. The molecule has 5 rings (SSSR count). The molecule has 0 bridgehead atoms. The van der Waals surface area contributed by atoms with Gasteiger partial charge < -0.3 is 19.7 Å². The summed E-state index contributed by atoms with van der Waals surface area (Å²) in [6, 6.07) is 10.9. The number of carbonyl (C=O) groups excluding carboxylic acids is 1. The number of anilines is 1. The van der Waals surface area contributed by atoms with Crippen LogP contribution in [0.2, 0.25) is 0 Å². The zero-order valence-electron chi connectivity index (χ0n) is 19.1. The van der Waals surface area contributed by atoms with Crippen LogP contribution in [0.3, 0.4) is 0 Å². The standard InChI is InChI=1S/C24H26F2N2O4.CH2O2/c25-18-6-15(7-19(26)10-18)12-27-13-16-8-22(29)23(9-17(16)14-27)32-21-3-1-2-20(11-21)28-4-5-31-24(28)30;2-1-3/h1-3,6-7,10-11,16-17,22-23,29H,4-5,8-9,12-14H2;1H,(H,2,3)/t16-,17+,22+,23+;/m0./s1. The maximum Gasteiger partial charge on any atom is 0.414 e. The van der Waals surface area contributed by atoms with Gasteiger partial charge in [0.05, 0.1) is 18.3 Å². The monoisotopic (exact) mass is 490 g/mol. The number of rotatable bonds is 5. The molecule has 0 radical (unpaired) electrons. The first-order chi connectivity index (χ1) is 16.9. The largest absolute Gasteiger partial charge is 0.488 e. The Morgan fingerprint density at radius 3 is 2.43 bits per heavy atom. The molecule has 1 saturated carbocycles. The molecule has 4 atom stereocenters. The average Bonchev–Trinajstić information content (AvgIpc) is 3.39. The fraction of sp³-hybridized carbons (Fsp3) is 0.440. The molecule has 0 aromatic heterocycles. The second kappa shape index (κ2) is 11.0. The van der Waals surface area contributed by atoms with Gasteiger partial charge in [0.15, 0.2) is 0 Å². The van der Waals surface area contributed by atoms with Crippen molar-refractivity contribution in [2.45, 2.75) is 31.6 Å². The van der Waals surface area contributed by atoms with Crippen LogP contribution in [0, 0.1) is 23.5 Å². The fourth-order valence-electron chi connectivity index (χ4n) is 5.23. The molecule has 188 valence electrons. The Kier molecular flexibility index (Phi) is 7.82. The van der Waals surface area contributed by atoms with E-state index in [1.54, 1.807) is 11.0 Å². The van der Waals surface area contributed by atoms with Crippen molar-refractivity contribution >= 4 is 18.3 Å². The van der Waals surface area contributed by atoms with Crippen LogP contribution in [0.5, 0.6) is 5.75 Å². The van der Waals surface area contributed by atoms with Crippen molar-refractivity contribution in [2.24, 2.45) is 11.8 Å². The third-order valence-electron chi connectivity index (χ3n) is 6.67. The zero-order valence-corrected chi connectivity index (χ0v) is 19.1. The molecule has 3 aliphatic rings. The van der Waals surface area contributed by atoms with Gasteiger partial charge in [0.1, 0.15) is 30.1 Å². The molecule has 35 heavy (non-hydrogen) atoms. The van der Waals surface area contributed by atoms with Gasteiger partial charge in [-0.05, 0) is 54.5 Å². The fourth-order valence-corrected chi connectivity index (χ4v) is 5.23. The normalized spacial score (nSPS) is 25.9. The zero-order chi connectivity index (χ0) is 24.9. The van der Waals surface area contributed by atoms with Gasteiger partial charge in [0.2, 0.25) is 0 Å². The van der Waals surface area contributed by atoms with Crippen LogP contribution < -0.4 is 9.64 Å². The van der Waals surface area contributed by atoms with E-state index in [-0.39, 0.29) is 18.7 Å². The summed E-state index contributed by atoms with van der Waals surface area (Å²) < 4.78 is 38.2. The van der Waals surface area contributed by atoms with Crippen molar-refractivity contribution in [1.82, 2.24) is 4.90 Å². The summed E-state index contributed by atoms with van der Waals surface area (Å²) in [6.45, 7) is 2.70. The van der Waals surface area contributed by atoms with Crippen LogP contribution in [0.1, 0.15) is 18.4 Å². The minimum atomic E-state index is -0.594. The van der Waals surface area contributed by atoms with E-state index in [2.05, 4.69) is 4.90 Å². The van der Waals surface area contributed by atoms with Crippen molar-refractivity contribution in [1.29, 1.82) is 0 Å². The highest BCUT2D eigenvalue weighted by atomic mass is 19.1. The lowest BCUT2D eigenvalue weighted by Crippen LogP contribution is -2.42. The van der Waals surface area contributed by atoms with Gasteiger partial charge in [-0.25, -0.2) is 13.6 Å². The molecular weight excluding hydrogens is 462 g/mol. The number of benzene rings is 2. The number of halogens is 2. The molecule has 1 amide bonds. The van der Waals surface area contributed by atoms with Crippen molar-refractivity contribution in [2.75, 3.05) is 31.1 Å². The maximum absolute atomic E-state index is 13.5. The second-order valence-corrected chi connectivity index (χ2v) is 9.06. The molecule has 2 aromatic rings. The Hall–Kier alpha value is -3.24. The lowest BCUT2D eigenvalue weighted by Gasteiger charge is -2.35. The highest BCUT2D eigenvalue weighted by Gasteiger charge is 2.42. The summed E-state index contributed by atoms with van der Waals surface area (Å²) in [5.41, 5.74) is 1.33. The summed E-state index contributed by atoms with van der Waals surface area (Å²) in [5, 5.41) is 17.6. The van der Waals surface area contributed by atoms with Gasteiger partial charge in [0, 0.05) is 31.8 Å². The number of hydrogen-bond acceptors (Lipinski definition) is 6. The Morgan fingerprint density at radius 1 is 1.09 bits per heavy atom. The van der Waals surface area contributed by atoms with E-state index in [9.17, 15) is 18.7 Å². The first kappa shape index (κ1) is 24.9. The van der Waals surface area contributed by atoms with Gasteiger partial charge >= 0.3 is 6.09 Å². The maximum atomic E-state index is 13.5. The number of fused-ring (bicyclic) bond motifs is 1. The van der Waals surface area contributed by atoms with Gasteiger partial charge in [-0.2, -0.15) is 0 Å². The van der Waals surface area contributed by atoms with Crippen molar-refractivity contribution in [3.05, 3.63) is 59.7 Å². The Balaban J connectivity index is 0.000000917. The van der Waals surface area contributed by atoms with Crippen LogP contribution >= 0.6 is 0 Å². The lowest BCUT2D eigenvalue weighted by atomic mass is 9.78. The van der Waals surface area contributed by atoms with Crippen LogP contribution in [0.4, 0.5) is 19.3 Å². The smallest absolute Gasteiger partial charge is 0.414 e. The summed E-state index contributed by atoms with van der Waals surface area (Å²) >= 11 is 0. The van der Waals surface area contributed by atoms with Crippen LogP contribution in [-0.4, -0.2) is 66.1 Å². The van der Waals surface area contributed by atoms with E-state index in [1.807, 2.05) is 18.2 Å². The minimum Gasteiger partial charge on any atom is -0.488 e. The first-order valence-electron chi connectivity index (χ1n) is 11.5. The van der Waals surface area contributed by atoms with Crippen molar-refractivity contribution in [3.63, 3.8) is 0 Å². The third-order valence-corrected chi connectivity index (χ3v) is 6.67. The minimum absolute atomic E-state index is 0.250. The average molecular weight is 491 g/mol. The molecule has 0 unspecified atom stereocenters. The second-order valence-electron chi connectivity index (χ2n) is 9.06. The predicted molar refractivity (Wildman–Crippen MR) is 122 cm³/mol. The lowest BCUT2D eigenvalue weighted by molar-refractivity contribution is -0.122. The van der Waals surface area contributed by atoms with Gasteiger partial charge in [0.25, 0.3) is 6.47 Å². The summed E-state index contributed by atoms with van der Waals surface area (Å²) in [7, 11) is 0. The van der Waals surface area contributed by atoms with Crippen molar-refractivity contribution in [3.8, 4) is 5.75 Å². The first-order valence-corrected chi connectivity index (χ1v) is 11.5. The number of amides is 1. The number of ether oxygens (including phenoxy) is 2. The molecular formula is C25H28F2N2O6. The summed E-state index contributed by atoms with van der Waals surface area (Å²) in [4.78, 5) is 23.9. The number of carboxylic acid groups (broad SMARTS) is 1. The number of nitrogens with zero attached hydrogens (tertiary/aromatic N) is 2. The Morgan fingerprint density at radius 2 is 1.77 bits per heavy atom. The molecule has 8 nitrogen and oxygen atoms in total. The van der Waals surface area contributed by atoms with E-state index in [0.717, 1.165) is 19.2 Å². The highest BCUT2D eigenvalue weighted by Crippen LogP contribution is 2.39. The number of hydrogen-bond donors (Lipinski definition) is 2.